The molecule has 0 unspecified atom stereocenters. The van der Waals surface area contributed by atoms with Crippen LogP contribution in [0.25, 0.3) is 0 Å². The first-order valence-electron chi connectivity index (χ1n) is 5.39. The van der Waals surface area contributed by atoms with E-state index in [1.54, 1.807) is 6.07 Å². The van der Waals surface area contributed by atoms with Crippen molar-refractivity contribution in [2.24, 2.45) is 4.40 Å². The maximum atomic E-state index is 12.7. The fourth-order valence-electron chi connectivity index (χ4n) is 1.39. The third-order valence-electron chi connectivity index (χ3n) is 2.40. The zero-order valence-electron chi connectivity index (χ0n) is 9.92. The smallest absolute Gasteiger partial charge is 0.207 e. The van der Waals surface area contributed by atoms with Crippen LogP contribution in [0.3, 0.4) is 0 Å². The lowest BCUT2D eigenvalue weighted by Gasteiger charge is -1.99. The molecule has 0 radical (unpaired) electrons. The molecule has 0 bridgehead atoms. The van der Waals surface area contributed by atoms with Gasteiger partial charge in [0.2, 0.25) is 0 Å². The summed E-state index contributed by atoms with van der Waals surface area (Å²) in [4.78, 5) is -0.0878. The monoisotopic (exact) mass is 331 g/mol. The molecule has 0 aromatic heterocycles. The lowest BCUT2D eigenvalue weighted by Crippen LogP contribution is -1.98. The molecule has 0 saturated heterocycles. The minimum atomic E-state index is -3.87. The van der Waals surface area contributed by atoms with Gasteiger partial charge in [-0.15, -0.1) is 0 Å². The average Bonchev–Trinajstić information content (AvgIpc) is 2.41. The van der Waals surface area contributed by atoms with Gasteiger partial charge in [0, 0.05) is 6.21 Å². The molecule has 0 N–H and O–H groups in total. The zero-order chi connectivity index (χ0) is 14.8. The molecule has 0 saturated carbocycles. The van der Waals surface area contributed by atoms with Crippen LogP contribution in [0.5, 0.6) is 0 Å². The van der Waals surface area contributed by atoms with Gasteiger partial charge in [0.15, 0.2) is 0 Å². The van der Waals surface area contributed by atoms with Crippen molar-refractivity contribution in [3.8, 4) is 0 Å². The van der Waals surface area contributed by atoms with Crippen molar-refractivity contribution in [2.75, 3.05) is 0 Å². The molecular formula is C13H8Cl2FNO2S. The van der Waals surface area contributed by atoms with Gasteiger partial charge in [-0.2, -0.15) is 12.8 Å². The van der Waals surface area contributed by atoms with E-state index in [0.717, 1.165) is 30.5 Å². The SMILES string of the molecule is O=S(=O)(N=Cc1ccc(Cl)c(Cl)c1)c1ccc(F)cc1. The van der Waals surface area contributed by atoms with Crippen molar-refractivity contribution in [1.29, 1.82) is 0 Å². The first kappa shape index (κ1) is 15.0. The van der Waals surface area contributed by atoms with Gasteiger partial charge in [-0.3, -0.25) is 0 Å². The Bertz CT molecular complexity index is 758. The number of halogens is 3. The quantitative estimate of drug-likeness (QED) is 0.799. The number of rotatable bonds is 3. The zero-order valence-corrected chi connectivity index (χ0v) is 12.3. The summed E-state index contributed by atoms with van der Waals surface area (Å²) in [5, 5.41) is 0.667. The van der Waals surface area contributed by atoms with Crippen LogP contribution in [0.2, 0.25) is 10.0 Å². The van der Waals surface area contributed by atoms with E-state index in [4.69, 9.17) is 23.2 Å². The van der Waals surface area contributed by atoms with Crippen LogP contribution in [0, 0.1) is 5.82 Å². The molecule has 0 amide bonds. The molecule has 104 valence electrons. The van der Waals surface area contributed by atoms with Crippen LogP contribution in [0.1, 0.15) is 5.56 Å². The van der Waals surface area contributed by atoms with Crippen LogP contribution in [-0.2, 0) is 10.0 Å². The molecule has 3 nitrogen and oxygen atoms in total. The lowest BCUT2D eigenvalue weighted by atomic mass is 10.2. The number of nitrogens with zero attached hydrogens (tertiary/aromatic N) is 1. The average molecular weight is 332 g/mol. The second-order valence-corrected chi connectivity index (χ2v) is 6.28. The molecule has 0 spiro atoms. The first-order chi connectivity index (χ1) is 9.38. The molecule has 2 aromatic rings. The van der Waals surface area contributed by atoms with Crippen molar-refractivity contribution in [1.82, 2.24) is 0 Å². The highest BCUT2D eigenvalue weighted by Gasteiger charge is 2.11. The summed E-state index contributed by atoms with van der Waals surface area (Å²) in [6, 6.07) is 9.03. The van der Waals surface area contributed by atoms with Crippen molar-refractivity contribution in [2.45, 2.75) is 4.90 Å². The third-order valence-corrected chi connectivity index (χ3v) is 4.39. The molecule has 20 heavy (non-hydrogen) atoms. The van der Waals surface area contributed by atoms with Crippen molar-refractivity contribution >= 4 is 39.4 Å². The van der Waals surface area contributed by atoms with Crippen LogP contribution in [0.4, 0.5) is 4.39 Å². The van der Waals surface area contributed by atoms with Crippen LogP contribution >= 0.6 is 23.2 Å². The van der Waals surface area contributed by atoms with E-state index in [2.05, 4.69) is 4.40 Å². The lowest BCUT2D eigenvalue weighted by molar-refractivity contribution is 0.597. The van der Waals surface area contributed by atoms with E-state index in [-0.39, 0.29) is 4.90 Å². The van der Waals surface area contributed by atoms with Gasteiger partial charge in [-0.05, 0) is 42.0 Å². The minimum absolute atomic E-state index is 0.0878. The van der Waals surface area contributed by atoms with Crippen LogP contribution in [-0.4, -0.2) is 14.6 Å². The van der Waals surface area contributed by atoms with Crippen LogP contribution in [0.15, 0.2) is 51.8 Å². The first-order valence-corrected chi connectivity index (χ1v) is 7.59. The van der Waals surface area contributed by atoms with Crippen LogP contribution < -0.4 is 0 Å². The fraction of sp³-hybridized carbons (Fsp3) is 0. The van der Waals surface area contributed by atoms with Gasteiger partial charge in [0.1, 0.15) is 5.82 Å². The van der Waals surface area contributed by atoms with E-state index < -0.39 is 15.8 Å². The fourth-order valence-corrected chi connectivity index (χ4v) is 2.56. The normalized spacial score (nSPS) is 11.9. The Kier molecular flexibility index (Phi) is 4.42. The maximum Gasteiger partial charge on any atom is 0.282 e. The molecule has 0 heterocycles. The largest absolute Gasteiger partial charge is 0.282 e. The summed E-state index contributed by atoms with van der Waals surface area (Å²) >= 11 is 11.6. The Balaban J connectivity index is 2.29. The van der Waals surface area contributed by atoms with Gasteiger partial charge < -0.3 is 0 Å². The molecular weight excluding hydrogens is 324 g/mol. The minimum Gasteiger partial charge on any atom is -0.207 e. The van der Waals surface area contributed by atoms with E-state index >= 15 is 0 Å². The molecule has 0 aliphatic heterocycles. The summed E-state index contributed by atoms with van der Waals surface area (Å²) < 4.78 is 40.0. The highest BCUT2D eigenvalue weighted by atomic mass is 35.5. The Morgan fingerprint density at radius 2 is 1.65 bits per heavy atom. The van der Waals surface area contributed by atoms with Gasteiger partial charge in [-0.1, -0.05) is 29.3 Å². The molecule has 0 aliphatic rings. The Hall–Kier alpha value is -1.43. The molecule has 0 atom stereocenters. The second-order valence-electron chi connectivity index (χ2n) is 3.84. The number of benzene rings is 2. The molecule has 2 aromatic carbocycles. The molecule has 0 fully saturated rings. The number of sulfonamides is 1. The summed E-state index contributed by atoms with van der Waals surface area (Å²) in [5.41, 5.74) is 0.491. The van der Waals surface area contributed by atoms with E-state index in [9.17, 15) is 12.8 Å². The predicted molar refractivity (Wildman–Crippen MR) is 77.6 cm³/mol. The number of hydrogen-bond acceptors (Lipinski definition) is 2. The standard InChI is InChI=1S/C13H8Cl2FNO2S/c14-12-6-1-9(7-13(12)15)8-17-20(18,19)11-4-2-10(16)3-5-11/h1-8H. The molecule has 2 rings (SSSR count). The Morgan fingerprint density at radius 3 is 2.25 bits per heavy atom. The van der Waals surface area contributed by atoms with Gasteiger partial charge in [0.25, 0.3) is 10.0 Å². The number of hydrogen-bond donors (Lipinski definition) is 0. The summed E-state index contributed by atoms with van der Waals surface area (Å²) in [7, 11) is -3.87. The van der Waals surface area contributed by atoms with Gasteiger partial charge in [-0.25, -0.2) is 4.39 Å². The molecule has 0 aliphatic carbocycles. The van der Waals surface area contributed by atoms with Gasteiger partial charge >= 0.3 is 0 Å². The van der Waals surface area contributed by atoms with Crippen molar-refractivity contribution < 1.29 is 12.8 Å². The highest BCUT2D eigenvalue weighted by Crippen LogP contribution is 2.22. The summed E-state index contributed by atoms with van der Waals surface area (Å²) in [5.74, 6) is -0.516. The van der Waals surface area contributed by atoms with E-state index in [1.165, 1.54) is 12.1 Å². The summed E-state index contributed by atoms with van der Waals surface area (Å²) in [6.45, 7) is 0. The summed E-state index contributed by atoms with van der Waals surface area (Å²) in [6.07, 6.45) is 1.15. The predicted octanol–water partition coefficient (Wildman–Crippen LogP) is 3.94. The van der Waals surface area contributed by atoms with Gasteiger partial charge in [0.05, 0.1) is 14.9 Å². The van der Waals surface area contributed by atoms with Crippen molar-refractivity contribution in [3.63, 3.8) is 0 Å². The highest BCUT2D eigenvalue weighted by molar-refractivity contribution is 7.90. The van der Waals surface area contributed by atoms with E-state index in [0.29, 0.717) is 15.6 Å². The second kappa shape index (κ2) is 5.91. The topological polar surface area (TPSA) is 46.5 Å². The third kappa shape index (κ3) is 3.56. The Labute approximate surface area is 125 Å². The Morgan fingerprint density at radius 1 is 1.00 bits per heavy atom. The maximum absolute atomic E-state index is 12.7. The molecule has 7 heteroatoms. The van der Waals surface area contributed by atoms with E-state index in [1.807, 2.05) is 0 Å². The van der Waals surface area contributed by atoms with Crippen molar-refractivity contribution in [3.05, 3.63) is 63.9 Å².